The van der Waals surface area contributed by atoms with Gasteiger partial charge in [0.1, 0.15) is 0 Å². The molecule has 0 saturated carbocycles. The first-order chi connectivity index (χ1) is 5.84. The quantitative estimate of drug-likeness (QED) is 0.637. The number of nitrogens with zero attached hydrogens (tertiary/aromatic N) is 1. The molecule has 1 unspecified atom stereocenters. The van der Waals surface area contributed by atoms with Crippen LogP contribution in [0, 0.1) is 11.3 Å². The molecule has 0 aromatic heterocycles. The molecule has 0 fully saturated rings. The predicted octanol–water partition coefficient (Wildman–Crippen LogP) is 1.40. The van der Waals surface area contributed by atoms with Crippen molar-refractivity contribution in [3.63, 3.8) is 0 Å². The van der Waals surface area contributed by atoms with Crippen molar-refractivity contribution >= 4 is 10.2 Å². The molecule has 0 amide bonds. The van der Waals surface area contributed by atoms with E-state index in [0.29, 0.717) is 12.0 Å². The summed E-state index contributed by atoms with van der Waals surface area (Å²) in [6, 6.07) is 12.6. The number of rotatable bonds is 3. The van der Waals surface area contributed by atoms with E-state index in [1.165, 1.54) is 5.56 Å². The summed E-state index contributed by atoms with van der Waals surface area (Å²) in [5.74, 6) is 0. The zero-order valence-electron chi connectivity index (χ0n) is 7.33. The fourth-order valence-corrected chi connectivity index (χ4v) is 1.90. The van der Waals surface area contributed by atoms with Crippen LogP contribution in [0.3, 0.4) is 0 Å². The van der Waals surface area contributed by atoms with Crippen LogP contribution < -0.4 is 0 Å². The van der Waals surface area contributed by atoms with E-state index in [1.807, 2.05) is 6.07 Å². The van der Waals surface area contributed by atoms with Crippen LogP contribution in [0.25, 0.3) is 0 Å². The molecular weight excluding hydrogens is 162 g/mol. The Labute approximate surface area is 76.5 Å². The van der Waals surface area contributed by atoms with Crippen LogP contribution in [0.15, 0.2) is 30.3 Å². The molecule has 0 bridgehead atoms. The SMILES string of the molecule is N#CCCC([SiH3])c1ccccc1. The Morgan fingerprint density at radius 1 is 1.33 bits per heavy atom. The first-order valence-corrected chi connectivity index (χ1v) is 5.42. The topological polar surface area (TPSA) is 23.8 Å². The summed E-state index contributed by atoms with van der Waals surface area (Å²) in [5.41, 5.74) is 2.03. The normalized spacial score (nSPS) is 12.2. The molecule has 0 aliphatic carbocycles. The lowest BCUT2D eigenvalue weighted by Gasteiger charge is -2.08. The second-order valence-electron chi connectivity index (χ2n) is 3.01. The van der Waals surface area contributed by atoms with Gasteiger partial charge in [0.2, 0.25) is 0 Å². The van der Waals surface area contributed by atoms with Crippen molar-refractivity contribution < 1.29 is 0 Å². The summed E-state index contributed by atoms with van der Waals surface area (Å²) in [6.07, 6.45) is 1.70. The van der Waals surface area contributed by atoms with E-state index < -0.39 is 0 Å². The van der Waals surface area contributed by atoms with Crippen molar-refractivity contribution in [1.29, 1.82) is 5.26 Å². The first kappa shape index (κ1) is 9.02. The summed E-state index contributed by atoms with van der Waals surface area (Å²) < 4.78 is 0. The van der Waals surface area contributed by atoms with Crippen molar-refractivity contribution in [1.82, 2.24) is 0 Å². The molecule has 0 N–H and O–H groups in total. The van der Waals surface area contributed by atoms with Crippen molar-refractivity contribution in [2.75, 3.05) is 0 Å². The second kappa shape index (κ2) is 4.73. The van der Waals surface area contributed by atoms with E-state index in [-0.39, 0.29) is 0 Å². The summed E-state index contributed by atoms with van der Waals surface area (Å²) >= 11 is 0. The maximum Gasteiger partial charge on any atom is 0.0621 e. The summed E-state index contributed by atoms with van der Waals surface area (Å²) in [7, 11) is 1.14. The van der Waals surface area contributed by atoms with Gasteiger partial charge in [0.15, 0.2) is 0 Å². The highest BCUT2D eigenvalue weighted by Gasteiger charge is 2.02. The van der Waals surface area contributed by atoms with E-state index in [1.54, 1.807) is 0 Å². The van der Waals surface area contributed by atoms with E-state index >= 15 is 0 Å². The van der Waals surface area contributed by atoms with Gasteiger partial charge in [-0.1, -0.05) is 30.3 Å². The third kappa shape index (κ3) is 2.52. The van der Waals surface area contributed by atoms with Crippen LogP contribution in [0.2, 0.25) is 0 Å². The van der Waals surface area contributed by atoms with Gasteiger partial charge in [-0.05, 0) is 17.5 Å². The zero-order valence-corrected chi connectivity index (χ0v) is 9.33. The number of hydrogen-bond donors (Lipinski definition) is 0. The molecule has 1 aromatic carbocycles. The number of nitriles is 1. The monoisotopic (exact) mass is 175 g/mol. The Bertz CT molecular complexity index is 263. The molecule has 0 radical (unpaired) electrons. The highest BCUT2D eigenvalue weighted by Crippen LogP contribution is 2.16. The zero-order chi connectivity index (χ0) is 8.81. The maximum absolute atomic E-state index is 8.43. The van der Waals surface area contributed by atoms with E-state index in [2.05, 4.69) is 30.3 Å². The molecule has 0 spiro atoms. The molecule has 12 heavy (non-hydrogen) atoms. The minimum atomic E-state index is 0.644. The molecular formula is C10H13NSi. The first-order valence-electron chi connectivity index (χ1n) is 4.26. The van der Waals surface area contributed by atoms with Crippen LogP contribution >= 0.6 is 0 Å². The standard InChI is InChI=1S/C10H13NSi/c11-8-4-7-10(12)9-5-2-1-3-6-9/h1-3,5-6,10H,4,7H2,12H3. The molecule has 0 aliphatic heterocycles. The Morgan fingerprint density at radius 2 is 2.00 bits per heavy atom. The Kier molecular flexibility index (Phi) is 3.56. The van der Waals surface area contributed by atoms with Gasteiger partial charge in [0.05, 0.1) is 6.07 Å². The molecule has 0 aliphatic rings. The molecule has 2 heteroatoms. The van der Waals surface area contributed by atoms with Crippen LogP contribution in [0.5, 0.6) is 0 Å². The fourth-order valence-electron chi connectivity index (χ4n) is 1.23. The van der Waals surface area contributed by atoms with Crippen molar-refractivity contribution in [3.05, 3.63) is 35.9 Å². The maximum atomic E-state index is 8.43. The van der Waals surface area contributed by atoms with Gasteiger partial charge >= 0.3 is 0 Å². The van der Waals surface area contributed by atoms with Crippen LogP contribution in [-0.2, 0) is 0 Å². The summed E-state index contributed by atoms with van der Waals surface area (Å²) in [5, 5.41) is 8.43. The predicted molar refractivity (Wildman–Crippen MR) is 54.0 cm³/mol. The molecule has 1 rings (SSSR count). The van der Waals surface area contributed by atoms with Crippen LogP contribution in [-0.4, -0.2) is 10.2 Å². The van der Waals surface area contributed by atoms with Crippen LogP contribution in [0.1, 0.15) is 23.9 Å². The average molecular weight is 175 g/mol. The molecule has 0 saturated heterocycles. The fraction of sp³-hybridized carbons (Fsp3) is 0.300. The smallest absolute Gasteiger partial charge is 0.0621 e. The lowest BCUT2D eigenvalue weighted by molar-refractivity contribution is 0.819. The number of benzene rings is 1. The minimum Gasteiger partial charge on any atom is -0.198 e. The Balaban J connectivity index is 2.55. The lowest BCUT2D eigenvalue weighted by atomic mass is 10.1. The number of hydrogen-bond acceptors (Lipinski definition) is 1. The van der Waals surface area contributed by atoms with Crippen molar-refractivity contribution in [3.8, 4) is 6.07 Å². The molecule has 1 nitrogen and oxygen atoms in total. The molecule has 1 atom stereocenters. The van der Waals surface area contributed by atoms with Gasteiger partial charge in [0, 0.05) is 16.7 Å². The highest BCUT2D eigenvalue weighted by atomic mass is 28.1. The van der Waals surface area contributed by atoms with Crippen LogP contribution in [0.4, 0.5) is 0 Å². The highest BCUT2D eigenvalue weighted by molar-refractivity contribution is 6.12. The lowest BCUT2D eigenvalue weighted by Crippen LogP contribution is -1.96. The van der Waals surface area contributed by atoms with Gasteiger partial charge < -0.3 is 0 Å². The summed E-state index contributed by atoms with van der Waals surface area (Å²) in [4.78, 5) is 0. The van der Waals surface area contributed by atoms with Gasteiger partial charge in [-0.25, -0.2) is 0 Å². The largest absolute Gasteiger partial charge is 0.198 e. The van der Waals surface area contributed by atoms with Gasteiger partial charge in [-0.2, -0.15) is 5.26 Å². The van der Waals surface area contributed by atoms with E-state index in [0.717, 1.165) is 16.7 Å². The van der Waals surface area contributed by atoms with E-state index in [4.69, 9.17) is 5.26 Å². The second-order valence-corrected chi connectivity index (χ2v) is 4.40. The van der Waals surface area contributed by atoms with Gasteiger partial charge in [-0.15, -0.1) is 0 Å². The van der Waals surface area contributed by atoms with Gasteiger partial charge in [-0.3, -0.25) is 0 Å². The molecule has 62 valence electrons. The summed E-state index contributed by atoms with van der Waals surface area (Å²) in [6.45, 7) is 0. The van der Waals surface area contributed by atoms with Gasteiger partial charge in [0.25, 0.3) is 0 Å². The molecule has 1 aromatic rings. The van der Waals surface area contributed by atoms with Crippen molar-refractivity contribution in [2.45, 2.75) is 18.4 Å². The third-order valence-electron chi connectivity index (χ3n) is 2.06. The van der Waals surface area contributed by atoms with Crippen molar-refractivity contribution in [2.24, 2.45) is 0 Å². The third-order valence-corrected chi connectivity index (χ3v) is 3.30. The van der Waals surface area contributed by atoms with E-state index in [9.17, 15) is 0 Å². The molecule has 0 heterocycles. The Hall–Kier alpha value is -1.07. The Morgan fingerprint density at radius 3 is 2.58 bits per heavy atom. The average Bonchev–Trinajstić information content (AvgIpc) is 2.15. The minimum absolute atomic E-state index is 0.644.